The second kappa shape index (κ2) is 13.0. The normalized spacial score (nSPS) is 14.4. The summed E-state index contributed by atoms with van der Waals surface area (Å²) in [6.45, 7) is 0. The van der Waals surface area contributed by atoms with Crippen molar-refractivity contribution in [3.05, 3.63) is 71.7 Å². The molecule has 0 aliphatic heterocycles. The highest BCUT2D eigenvalue weighted by molar-refractivity contribution is 7.13. The number of para-hydroxylation sites is 1. The minimum absolute atomic E-state index is 0.0265. The molecule has 1 aliphatic rings. The van der Waals surface area contributed by atoms with E-state index in [2.05, 4.69) is 15.6 Å². The van der Waals surface area contributed by atoms with Crippen molar-refractivity contribution in [2.75, 3.05) is 17.3 Å². The predicted molar refractivity (Wildman–Crippen MR) is 145 cm³/mol. The van der Waals surface area contributed by atoms with Crippen molar-refractivity contribution in [1.29, 1.82) is 0 Å². The Morgan fingerprint density at radius 3 is 2.41 bits per heavy atom. The first-order chi connectivity index (χ1) is 18.0. The van der Waals surface area contributed by atoms with Gasteiger partial charge in [0.25, 0.3) is 0 Å². The lowest BCUT2D eigenvalue weighted by Gasteiger charge is -2.33. The lowest BCUT2D eigenvalue weighted by molar-refractivity contribution is -0.127. The first-order valence-electron chi connectivity index (χ1n) is 12.6. The molecule has 9 heteroatoms. The third-order valence-corrected chi connectivity index (χ3v) is 7.13. The topological polar surface area (TPSA) is 101 Å². The highest BCUT2D eigenvalue weighted by Crippen LogP contribution is 2.31. The van der Waals surface area contributed by atoms with Gasteiger partial charge in [0.1, 0.15) is 11.8 Å². The number of benzene rings is 2. The van der Waals surface area contributed by atoms with Gasteiger partial charge in [0.15, 0.2) is 5.13 Å². The molecular formula is C28H32N4O4S. The van der Waals surface area contributed by atoms with E-state index in [0.717, 1.165) is 25.7 Å². The molecule has 0 saturated heterocycles. The summed E-state index contributed by atoms with van der Waals surface area (Å²) in [6.07, 6.45) is 6.70. The van der Waals surface area contributed by atoms with Crippen molar-refractivity contribution >= 4 is 39.9 Å². The summed E-state index contributed by atoms with van der Waals surface area (Å²) in [7, 11) is 1.58. The van der Waals surface area contributed by atoms with E-state index in [1.54, 1.807) is 43.0 Å². The van der Waals surface area contributed by atoms with Gasteiger partial charge < -0.3 is 15.4 Å². The predicted octanol–water partition coefficient (Wildman–Crippen LogP) is 5.09. The number of methoxy groups -OCH3 is 1. The maximum Gasteiger partial charge on any atom is 0.248 e. The van der Waals surface area contributed by atoms with Gasteiger partial charge in [-0.1, -0.05) is 49.6 Å². The van der Waals surface area contributed by atoms with Crippen LogP contribution < -0.4 is 20.3 Å². The fraction of sp³-hybridized carbons (Fsp3) is 0.357. The van der Waals surface area contributed by atoms with Crippen molar-refractivity contribution in [1.82, 2.24) is 10.3 Å². The molecule has 194 valence electrons. The molecule has 1 heterocycles. The highest BCUT2D eigenvalue weighted by atomic mass is 32.1. The van der Waals surface area contributed by atoms with E-state index in [4.69, 9.17) is 4.74 Å². The Labute approximate surface area is 221 Å². The molecule has 1 atom stereocenters. The third-order valence-electron chi connectivity index (χ3n) is 6.44. The Kier molecular flexibility index (Phi) is 9.26. The number of carbonyl (C=O) groups excluding carboxylic acids is 3. The van der Waals surface area contributed by atoms with E-state index in [1.807, 2.05) is 30.3 Å². The van der Waals surface area contributed by atoms with Crippen molar-refractivity contribution in [3.63, 3.8) is 0 Å². The maximum absolute atomic E-state index is 13.8. The van der Waals surface area contributed by atoms with Crippen LogP contribution in [0.4, 0.5) is 10.8 Å². The summed E-state index contributed by atoms with van der Waals surface area (Å²) in [6, 6.07) is 15.5. The standard InChI is InChI=1S/C28H32N4O4S/c1-36-23-14-12-20(13-15-23)26(27(35)30-21-8-4-2-5-9-21)32(22-10-6-3-7-11-22)25(34)17-16-24(33)31-28-29-18-19-37-28/h3,6-7,10-15,18-19,21,26H,2,4-5,8-9,16-17H2,1H3,(H,30,35)(H,29,31,33)/t26-/m1/s1. The maximum atomic E-state index is 13.8. The average Bonchev–Trinajstić information content (AvgIpc) is 3.44. The fourth-order valence-corrected chi connectivity index (χ4v) is 5.11. The van der Waals surface area contributed by atoms with Crippen LogP contribution in [0.3, 0.4) is 0 Å². The third kappa shape index (κ3) is 7.16. The zero-order valence-electron chi connectivity index (χ0n) is 20.9. The van der Waals surface area contributed by atoms with Crippen molar-refractivity contribution in [2.24, 2.45) is 0 Å². The summed E-state index contributed by atoms with van der Waals surface area (Å²) in [5.41, 5.74) is 1.26. The summed E-state index contributed by atoms with van der Waals surface area (Å²) in [5.74, 6) is -0.197. The molecule has 4 rings (SSSR count). The number of thiazole rings is 1. The van der Waals surface area contributed by atoms with Crippen molar-refractivity contribution in [2.45, 2.75) is 57.0 Å². The molecule has 2 aromatic carbocycles. The Balaban J connectivity index is 1.61. The summed E-state index contributed by atoms with van der Waals surface area (Å²) in [5, 5.41) is 8.16. The second-order valence-corrected chi connectivity index (χ2v) is 9.90. The van der Waals surface area contributed by atoms with Crippen LogP contribution in [0.5, 0.6) is 5.75 Å². The average molecular weight is 521 g/mol. The van der Waals surface area contributed by atoms with Crippen LogP contribution in [0, 0.1) is 0 Å². The monoisotopic (exact) mass is 520 g/mol. The Bertz CT molecular complexity index is 1160. The number of hydrogen-bond donors (Lipinski definition) is 2. The number of amides is 3. The number of ether oxygens (including phenoxy) is 1. The SMILES string of the molecule is COc1ccc([C@H](C(=O)NC2CCCCC2)N(C(=O)CCC(=O)Nc2nccs2)c2ccccc2)cc1. The number of nitrogens with one attached hydrogen (secondary N) is 2. The number of rotatable bonds is 10. The molecule has 3 amide bonds. The van der Waals surface area contributed by atoms with Gasteiger partial charge in [-0.2, -0.15) is 0 Å². The van der Waals surface area contributed by atoms with Gasteiger partial charge >= 0.3 is 0 Å². The van der Waals surface area contributed by atoms with Crippen LogP contribution in [0.1, 0.15) is 56.6 Å². The number of carbonyl (C=O) groups is 3. The van der Waals surface area contributed by atoms with E-state index < -0.39 is 6.04 Å². The van der Waals surface area contributed by atoms with Crippen molar-refractivity contribution < 1.29 is 19.1 Å². The van der Waals surface area contributed by atoms with Gasteiger partial charge in [-0.15, -0.1) is 11.3 Å². The minimum Gasteiger partial charge on any atom is -0.497 e. The van der Waals surface area contributed by atoms with Gasteiger partial charge in [-0.05, 0) is 42.7 Å². The number of aromatic nitrogens is 1. The summed E-state index contributed by atoms with van der Waals surface area (Å²) >= 11 is 1.31. The quantitative estimate of drug-likeness (QED) is 0.388. The lowest BCUT2D eigenvalue weighted by Crippen LogP contribution is -2.47. The molecule has 1 aliphatic carbocycles. The van der Waals surface area contributed by atoms with Crippen LogP contribution in [-0.2, 0) is 14.4 Å². The largest absolute Gasteiger partial charge is 0.497 e. The van der Waals surface area contributed by atoms with Crippen LogP contribution in [0.25, 0.3) is 0 Å². The first kappa shape index (κ1) is 26.3. The second-order valence-electron chi connectivity index (χ2n) is 9.00. The zero-order chi connectivity index (χ0) is 26.0. The van der Waals surface area contributed by atoms with Crippen molar-refractivity contribution in [3.8, 4) is 5.75 Å². The molecule has 0 bridgehead atoms. The fourth-order valence-electron chi connectivity index (χ4n) is 4.56. The minimum atomic E-state index is -0.898. The molecular weight excluding hydrogens is 488 g/mol. The van der Waals surface area contributed by atoms with E-state index in [1.165, 1.54) is 22.7 Å². The molecule has 37 heavy (non-hydrogen) atoms. The molecule has 0 radical (unpaired) electrons. The molecule has 8 nitrogen and oxygen atoms in total. The van der Waals surface area contributed by atoms with Gasteiger partial charge in [-0.25, -0.2) is 4.98 Å². The van der Waals surface area contributed by atoms with Gasteiger partial charge in [0.05, 0.1) is 7.11 Å². The van der Waals surface area contributed by atoms with E-state index in [9.17, 15) is 14.4 Å². The molecule has 1 fully saturated rings. The van der Waals surface area contributed by atoms with Crippen LogP contribution in [-0.4, -0.2) is 35.9 Å². The molecule has 1 aromatic heterocycles. The molecule has 2 N–H and O–H groups in total. The van der Waals surface area contributed by atoms with E-state index in [0.29, 0.717) is 22.1 Å². The van der Waals surface area contributed by atoms with Crippen LogP contribution >= 0.6 is 11.3 Å². The van der Waals surface area contributed by atoms with E-state index >= 15 is 0 Å². The van der Waals surface area contributed by atoms with Gasteiger partial charge in [0, 0.05) is 36.1 Å². The van der Waals surface area contributed by atoms with Crippen LogP contribution in [0.2, 0.25) is 0 Å². The molecule has 1 saturated carbocycles. The van der Waals surface area contributed by atoms with E-state index in [-0.39, 0.29) is 36.6 Å². The molecule has 0 unspecified atom stereocenters. The number of nitrogens with zero attached hydrogens (tertiary/aromatic N) is 2. The molecule has 3 aromatic rings. The van der Waals surface area contributed by atoms with Crippen LogP contribution in [0.15, 0.2) is 66.2 Å². The molecule has 0 spiro atoms. The lowest BCUT2D eigenvalue weighted by atomic mass is 9.94. The van der Waals surface area contributed by atoms with Gasteiger partial charge in [-0.3, -0.25) is 19.3 Å². The smallest absolute Gasteiger partial charge is 0.248 e. The summed E-state index contributed by atoms with van der Waals surface area (Å²) < 4.78 is 5.30. The first-order valence-corrected chi connectivity index (χ1v) is 13.4. The Hall–Kier alpha value is -3.72. The summed E-state index contributed by atoms with van der Waals surface area (Å²) in [4.78, 5) is 45.6. The zero-order valence-corrected chi connectivity index (χ0v) is 21.7. The van der Waals surface area contributed by atoms with Gasteiger partial charge in [0.2, 0.25) is 17.7 Å². The number of anilines is 2. The Morgan fingerprint density at radius 1 is 1.03 bits per heavy atom. The highest BCUT2D eigenvalue weighted by Gasteiger charge is 2.34. The number of hydrogen-bond acceptors (Lipinski definition) is 6. The Morgan fingerprint density at radius 2 is 1.76 bits per heavy atom.